The quantitative estimate of drug-likeness (QED) is 0.185. The van der Waals surface area contributed by atoms with Gasteiger partial charge < -0.3 is 5.11 Å². The number of hydrogen-bond acceptors (Lipinski definition) is 3. The van der Waals surface area contributed by atoms with Gasteiger partial charge in [0, 0.05) is 0 Å². The summed E-state index contributed by atoms with van der Waals surface area (Å²) in [6.07, 6.45) is 2.06. The molecule has 4 aromatic carbocycles. The summed E-state index contributed by atoms with van der Waals surface area (Å²) in [5, 5.41) is 13.5. The summed E-state index contributed by atoms with van der Waals surface area (Å²) >= 11 is 0.296. The van der Waals surface area contributed by atoms with E-state index >= 15 is 0 Å². The van der Waals surface area contributed by atoms with Crippen molar-refractivity contribution in [3.05, 3.63) is 127 Å². The molecule has 3 aromatic heterocycles. The summed E-state index contributed by atoms with van der Waals surface area (Å²) in [5.41, 5.74) is 10.4. The molecule has 0 saturated carbocycles. The van der Waals surface area contributed by atoms with Crippen LogP contribution in [0.4, 0.5) is 0 Å². The molecule has 0 saturated heterocycles. The van der Waals surface area contributed by atoms with Crippen LogP contribution < -0.4 is 0 Å². The summed E-state index contributed by atoms with van der Waals surface area (Å²) in [7, 11) is 0. The van der Waals surface area contributed by atoms with Crippen molar-refractivity contribution in [2.75, 3.05) is 0 Å². The van der Waals surface area contributed by atoms with Gasteiger partial charge in [-0.3, -0.25) is 0 Å². The second-order valence-electron chi connectivity index (χ2n) is 12.0. The molecular weight excluding hydrogens is 603 g/mol. The molecule has 0 atom stereocenters. The van der Waals surface area contributed by atoms with Crippen LogP contribution >= 0.6 is 0 Å². The van der Waals surface area contributed by atoms with Crippen molar-refractivity contribution in [1.29, 1.82) is 0 Å². The molecule has 0 aliphatic heterocycles. The zero-order valence-electron chi connectivity index (χ0n) is 25.4. The van der Waals surface area contributed by atoms with Gasteiger partial charge in [-0.25, -0.2) is 0 Å². The third-order valence-electron chi connectivity index (χ3n) is 8.39. The third kappa shape index (κ3) is 5.15. The van der Waals surface area contributed by atoms with Gasteiger partial charge in [0.2, 0.25) is 0 Å². The first-order valence-electron chi connectivity index (χ1n) is 15.2. The minimum atomic E-state index is 0.224. The minimum absolute atomic E-state index is 0.224. The van der Waals surface area contributed by atoms with Crippen molar-refractivity contribution < 1.29 is 5.11 Å². The average molecular weight is 638 g/mol. The van der Waals surface area contributed by atoms with Crippen molar-refractivity contribution in [2.24, 2.45) is 0 Å². The predicted molar refractivity (Wildman–Crippen MR) is 186 cm³/mol. The Morgan fingerprint density at radius 1 is 0.568 bits per heavy atom. The molecule has 1 N–H and O–H groups in total. The number of phenolic OH excluding ortho intramolecular Hbond substituents is 1. The molecule has 3 nitrogen and oxygen atoms in total. The first kappa shape index (κ1) is 28.3. The van der Waals surface area contributed by atoms with Gasteiger partial charge in [0.25, 0.3) is 0 Å². The van der Waals surface area contributed by atoms with E-state index in [-0.39, 0.29) is 5.75 Å². The summed E-state index contributed by atoms with van der Waals surface area (Å²) in [6, 6.07) is 37.9. The molecule has 0 amide bonds. The molecule has 0 radical (unpaired) electrons. The zero-order valence-corrected chi connectivity index (χ0v) is 27.1. The maximum absolute atomic E-state index is 10.9. The molecule has 3 heterocycles. The van der Waals surface area contributed by atoms with E-state index < -0.39 is 0 Å². The third-order valence-corrected chi connectivity index (χ3v) is 10.7. The Bertz CT molecular complexity index is 2130. The fourth-order valence-electron chi connectivity index (χ4n) is 6.16. The van der Waals surface area contributed by atoms with Crippen molar-refractivity contribution in [2.45, 2.75) is 39.5 Å². The normalized spacial score (nSPS) is 11.7. The van der Waals surface area contributed by atoms with Crippen molar-refractivity contribution >= 4 is 33.8 Å². The van der Waals surface area contributed by atoms with Crippen LogP contribution in [-0.2, 0) is 0 Å². The van der Waals surface area contributed by atoms with Crippen LogP contribution in [0.2, 0.25) is 0 Å². The first-order chi connectivity index (χ1) is 21.4. The van der Waals surface area contributed by atoms with Gasteiger partial charge in [-0.1, -0.05) is 58.0 Å². The number of fused-ring (bicyclic) bond motifs is 3. The van der Waals surface area contributed by atoms with Crippen LogP contribution in [0.25, 0.3) is 64.2 Å². The van der Waals surface area contributed by atoms with Crippen molar-refractivity contribution in [1.82, 2.24) is 9.97 Å². The van der Waals surface area contributed by atoms with E-state index in [2.05, 4.69) is 119 Å². The number of phenols is 1. The number of hydrogen-bond donors (Lipinski definition) is 1. The van der Waals surface area contributed by atoms with Crippen LogP contribution in [0.1, 0.15) is 50.7 Å². The summed E-state index contributed by atoms with van der Waals surface area (Å²) in [4.78, 5) is 10.1. The Kier molecular flexibility index (Phi) is 7.42. The fraction of sp³-hybridized carbons (Fsp3) is 0.150. The van der Waals surface area contributed by atoms with E-state index in [1.165, 1.54) is 36.0 Å². The maximum atomic E-state index is 10.9. The molecule has 0 aliphatic carbocycles. The van der Waals surface area contributed by atoms with E-state index in [1.54, 1.807) is 6.07 Å². The SMILES string of the molecule is CC(C)c1cccc(C(C)C)c1-c1cc(-c2cccc(-c3cc4c(cn3)[se]c3ccccc34)c2)nc(-c2ccccc2O)c1. The predicted octanol–water partition coefficient (Wildman–Crippen LogP) is 10.5. The van der Waals surface area contributed by atoms with E-state index in [1.807, 2.05) is 18.2 Å². The van der Waals surface area contributed by atoms with E-state index in [4.69, 9.17) is 9.97 Å². The number of benzene rings is 4. The Balaban J connectivity index is 1.42. The van der Waals surface area contributed by atoms with Crippen LogP contribution in [-0.4, -0.2) is 29.6 Å². The number of para-hydroxylation sites is 1. The second-order valence-corrected chi connectivity index (χ2v) is 14.3. The molecule has 7 aromatic rings. The standard InChI is InChI=1S/C40H34N2OSe/c1-24(2)29-15-10-16-30(25(3)4)40(29)28-20-35(42-36(21-28)32-14-5-7-17-37(32)43)27-12-9-11-26(19-27)34-22-33-31-13-6-8-18-38(31)44-39(33)23-41-34/h5-25,43H,1-4H3. The summed E-state index contributed by atoms with van der Waals surface area (Å²) in [6.45, 7) is 9.01. The Morgan fingerprint density at radius 3 is 1.98 bits per heavy atom. The van der Waals surface area contributed by atoms with Gasteiger partial charge in [0.15, 0.2) is 0 Å². The van der Waals surface area contributed by atoms with E-state index in [9.17, 15) is 5.11 Å². The van der Waals surface area contributed by atoms with Crippen LogP contribution in [0.3, 0.4) is 0 Å². The molecular formula is C40H34N2OSe. The molecule has 0 fully saturated rings. The second kappa shape index (κ2) is 11.5. The molecule has 44 heavy (non-hydrogen) atoms. The van der Waals surface area contributed by atoms with E-state index in [0.717, 1.165) is 39.3 Å². The number of rotatable bonds is 6. The van der Waals surface area contributed by atoms with Gasteiger partial charge in [-0.05, 0) is 17.9 Å². The molecule has 0 aliphatic rings. The van der Waals surface area contributed by atoms with Crippen molar-refractivity contribution in [3.8, 4) is 50.6 Å². The summed E-state index contributed by atoms with van der Waals surface area (Å²) in [5.74, 6) is 0.937. The number of aromatic hydroxyl groups is 1. The Labute approximate surface area is 264 Å². The summed E-state index contributed by atoms with van der Waals surface area (Å²) < 4.78 is 2.76. The van der Waals surface area contributed by atoms with Crippen LogP contribution in [0.5, 0.6) is 5.75 Å². The monoisotopic (exact) mass is 638 g/mol. The number of pyridine rings is 2. The molecule has 0 bridgehead atoms. The Hall–Kier alpha value is -4.50. The van der Waals surface area contributed by atoms with Gasteiger partial charge in [0.05, 0.1) is 0 Å². The van der Waals surface area contributed by atoms with Gasteiger partial charge in [0.1, 0.15) is 0 Å². The molecule has 7 rings (SSSR count). The zero-order chi connectivity index (χ0) is 30.4. The number of aromatic nitrogens is 2. The molecule has 216 valence electrons. The first-order valence-corrected chi connectivity index (χ1v) is 16.9. The van der Waals surface area contributed by atoms with E-state index in [0.29, 0.717) is 26.3 Å². The number of nitrogens with zero attached hydrogens (tertiary/aromatic N) is 2. The van der Waals surface area contributed by atoms with Crippen LogP contribution in [0, 0.1) is 0 Å². The topological polar surface area (TPSA) is 46.0 Å². The fourth-order valence-corrected chi connectivity index (χ4v) is 8.38. The van der Waals surface area contributed by atoms with Gasteiger partial charge in [-0.15, -0.1) is 0 Å². The molecule has 4 heteroatoms. The van der Waals surface area contributed by atoms with Crippen molar-refractivity contribution in [3.63, 3.8) is 0 Å². The average Bonchev–Trinajstić information content (AvgIpc) is 3.42. The van der Waals surface area contributed by atoms with Crippen LogP contribution in [0.15, 0.2) is 115 Å². The molecule has 0 unspecified atom stereocenters. The van der Waals surface area contributed by atoms with Gasteiger partial charge >= 0.3 is 185 Å². The molecule has 0 spiro atoms. The Morgan fingerprint density at radius 2 is 1.23 bits per heavy atom. The van der Waals surface area contributed by atoms with Gasteiger partial charge in [-0.2, -0.15) is 0 Å².